The SMILES string of the molecule is CCn1cc(N(CCNC(C)=O)C2CCOCC2)cn1. The molecular weight excluding hydrogens is 256 g/mol. The zero-order valence-electron chi connectivity index (χ0n) is 12.3. The fourth-order valence-electron chi connectivity index (χ4n) is 2.55. The van der Waals surface area contributed by atoms with E-state index in [4.69, 9.17) is 4.74 Å². The number of nitrogens with one attached hydrogen (secondary N) is 1. The van der Waals surface area contributed by atoms with Crippen LogP contribution in [0.2, 0.25) is 0 Å². The summed E-state index contributed by atoms with van der Waals surface area (Å²) in [6, 6.07) is 0.465. The standard InChI is InChI=1S/C14H24N4O2/c1-3-17-11-14(10-16-17)18(7-6-15-12(2)19)13-4-8-20-9-5-13/h10-11,13H,3-9H2,1-2H3,(H,15,19). The van der Waals surface area contributed by atoms with Gasteiger partial charge in [0.25, 0.3) is 0 Å². The van der Waals surface area contributed by atoms with Crippen molar-refractivity contribution in [2.24, 2.45) is 0 Å². The Hall–Kier alpha value is -1.56. The minimum atomic E-state index is 0.0150. The van der Waals surface area contributed by atoms with Crippen molar-refractivity contribution in [3.63, 3.8) is 0 Å². The molecule has 6 nitrogen and oxygen atoms in total. The summed E-state index contributed by atoms with van der Waals surface area (Å²) in [5.41, 5.74) is 1.13. The fraction of sp³-hybridized carbons (Fsp3) is 0.714. The van der Waals surface area contributed by atoms with Crippen LogP contribution in [0.5, 0.6) is 0 Å². The Balaban J connectivity index is 2.03. The van der Waals surface area contributed by atoms with Crippen LogP contribution in [0.1, 0.15) is 26.7 Å². The summed E-state index contributed by atoms with van der Waals surface area (Å²) in [6.07, 6.45) is 6.03. The third-order valence-electron chi connectivity index (χ3n) is 3.63. The van der Waals surface area contributed by atoms with E-state index in [0.717, 1.165) is 44.8 Å². The van der Waals surface area contributed by atoms with Crippen LogP contribution >= 0.6 is 0 Å². The van der Waals surface area contributed by atoms with Gasteiger partial charge < -0.3 is 15.0 Å². The monoisotopic (exact) mass is 280 g/mol. The van der Waals surface area contributed by atoms with E-state index in [0.29, 0.717) is 12.6 Å². The van der Waals surface area contributed by atoms with E-state index in [-0.39, 0.29) is 5.91 Å². The first-order chi connectivity index (χ1) is 9.70. The maximum atomic E-state index is 11.0. The molecule has 1 fully saturated rings. The molecule has 1 amide bonds. The van der Waals surface area contributed by atoms with Crippen molar-refractivity contribution in [2.45, 2.75) is 39.3 Å². The van der Waals surface area contributed by atoms with Crippen LogP contribution in [0.3, 0.4) is 0 Å². The summed E-state index contributed by atoms with van der Waals surface area (Å²) in [5, 5.41) is 7.22. The number of aromatic nitrogens is 2. The second-order valence-corrected chi connectivity index (χ2v) is 5.07. The molecule has 1 saturated heterocycles. The minimum absolute atomic E-state index is 0.0150. The van der Waals surface area contributed by atoms with E-state index in [2.05, 4.69) is 28.4 Å². The van der Waals surface area contributed by atoms with Crippen molar-refractivity contribution in [3.05, 3.63) is 12.4 Å². The van der Waals surface area contributed by atoms with Crippen molar-refractivity contribution >= 4 is 11.6 Å². The molecule has 0 aliphatic carbocycles. The van der Waals surface area contributed by atoms with E-state index in [1.807, 2.05) is 10.9 Å². The Morgan fingerprint density at radius 3 is 2.90 bits per heavy atom. The highest BCUT2D eigenvalue weighted by molar-refractivity contribution is 5.72. The molecule has 0 spiro atoms. The van der Waals surface area contributed by atoms with Gasteiger partial charge in [0.1, 0.15) is 0 Å². The highest BCUT2D eigenvalue weighted by Gasteiger charge is 2.22. The molecule has 0 saturated carbocycles. The average molecular weight is 280 g/mol. The molecule has 0 atom stereocenters. The summed E-state index contributed by atoms with van der Waals surface area (Å²) < 4.78 is 7.37. The molecular formula is C14H24N4O2. The highest BCUT2D eigenvalue weighted by atomic mass is 16.5. The van der Waals surface area contributed by atoms with Gasteiger partial charge in [0.05, 0.1) is 11.9 Å². The zero-order valence-corrected chi connectivity index (χ0v) is 12.3. The number of aryl methyl sites for hydroxylation is 1. The van der Waals surface area contributed by atoms with Gasteiger partial charge in [-0.15, -0.1) is 0 Å². The van der Waals surface area contributed by atoms with E-state index < -0.39 is 0 Å². The van der Waals surface area contributed by atoms with Crippen LogP contribution in [-0.2, 0) is 16.1 Å². The number of anilines is 1. The molecule has 6 heteroatoms. The van der Waals surface area contributed by atoms with E-state index in [9.17, 15) is 4.79 Å². The third-order valence-corrected chi connectivity index (χ3v) is 3.63. The molecule has 20 heavy (non-hydrogen) atoms. The number of hydrogen-bond acceptors (Lipinski definition) is 4. The molecule has 2 rings (SSSR count). The molecule has 0 unspecified atom stereocenters. The quantitative estimate of drug-likeness (QED) is 0.845. The number of amides is 1. The number of carbonyl (C=O) groups excluding carboxylic acids is 1. The lowest BCUT2D eigenvalue weighted by Crippen LogP contribution is -2.43. The van der Waals surface area contributed by atoms with Crippen LogP contribution in [0.4, 0.5) is 5.69 Å². The average Bonchev–Trinajstić information content (AvgIpc) is 2.93. The molecule has 112 valence electrons. The van der Waals surface area contributed by atoms with Gasteiger partial charge in [-0.3, -0.25) is 9.48 Å². The predicted octanol–water partition coefficient (Wildman–Crippen LogP) is 1.02. The van der Waals surface area contributed by atoms with Crippen LogP contribution in [-0.4, -0.2) is 48.0 Å². The normalized spacial score (nSPS) is 16.1. The molecule has 0 bridgehead atoms. The Morgan fingerprint density at radius 1 is 1.55 bits per heavy atom. The van der Waals surface area contributed by atoms with Crippen LogP contribution in [0.15, 0.2) is 12.4 Å². The van der Waals surface area contributed by atoms with Crippen molar-refractivity contribution in [3.8, 4) is 0 Å². The molecule has 1 aliphatic heterocycles. The van der Waals surface area contributed by atoms with Crippen molar-refractivity contribution in [1.29, 1.82) is 0 Å². The molecule has 1 N–H and O–H groups in total. The Morgan fingerprint density at radius 2 is 2.30 bits per heavy atom. The number of hydrogen-bond donors (Lipinski definition) is 1. The summed E-state index contributed by atoms with van der Waals surface area (Å²) in [6.45, 7) is 7.57. The first-order valence-corrected chi connectivity index (χ1v) is 7.32. The first-order valence-electron chi connectivity index (χ1n) is 7.32. The van der Waals surface area contributed by atoms with Gasteiger partial charge in [0.2, 0.25) is 5.91 Å². The van der Waals surface area contributed by atoms with Gasteiger partial charge in [-0.05, 0) is 19.8 Å². The smallest absolute Gasteiger partial charge is 0.216 e. The molecule has 0 aromatic carbocycles. The molecule has 1 aliphatic rings. The summed E-state index contributed by atoms with van der Waals surface area (Å²) in [5.74, 6) is 0.0150. The lowest BCUT2D eigenvalue weighted by Gasteiger charge is -2.35. The van der Waals surface area contributed by atoms with Gasteiger partial charge in [-0.25, -0.2) is 0 Å². The van der Waals surface area contributed by atoms with Crippen molar-refractivity contribution in [2.75, 3.05) is 31.2 Å². The Labute approximate surface area is 120 Å². The maximum absolute atomic E-state index is 11.0. The topological polar surface area (TPSA) is 59.4 Å². The molecule has 2 heterocycles. The van der Waals surface area contributed by atoms with Gasteiger partial charge >= 0.3 is 0 Å². The number of rotatable bonds is 6. The van der Waals surface area contributed by atoms with Gasteiger partial charge in [0.15, 0.2) is 0 Å². The molecule has 1 aromatic heterocycles. The van der Waals surface area contributed by atoms with Crippen LogP contribution in [0.25, 0.3) is 0 Å². The van der Waals surface area contributed by atoms with Gasteiger partial charge in [-0.2, -0.15) is 5.10 Å². The zero-order chi connectivity index (χ0) is 14.4. The summed E-state index contributed by atoms with van der Waals surface area (Å²) in [4.78, 5) is 13.4. The Kier molecular flexibility index (Phi) is 5.40. The minimum Gasteiger partial charge on any atom is -0.381 e. The largest absolute Gasteiger partial charge is 0.381 e. The fourth-order valence-corrected chi connectivity index (χ4v) is 2.55. The second-order valence-electron chi connectivity index (χ2n) is 5.07. The third kappa shape index (κ3) is 3.96. The number of carbonyl (C=O) groups is 1. The lowest BCUT2D eigenvalue weighted by atomic mass is 10.1. The van der Waals surface area contributed by atoms with E-state index in [1.165, 1.54) is 0 Å². The molecule has 1 aromatic rings. The summed E-state index contributed by atoms with van der Waals surface area (Å²) >= 11 is 0. The highest BCUT2D eigenvalue weighted by Crippen LogP contribution is 2.22. The molecule has 0 radical (unpaired) electrons. The van der Waals surface area contributed by atoms with Crippen molar-refractivity contribution in [1.82, 2.24) is 15.1 Å². The van der Waals surface area contributed by atoms with Crippen LogP contribution in [0, 0.1) is 0 Å². The first kappa shape index (κ1) is 14.8. The van der Waals surface area contributed by atoms with Crippen LogP contribution < -0.4 is 10.2 Å². The predicted molar refractivity (Wildman–Crippen MR) is 77.8 cm³/mol. The van der Waals surface area contributed by atoms with Crippen molar-refractivity contribution < 1.29 is 9.53 Å². The van der Waals surface area contributed by atoms with E-state index in [1.54, 1.807) is 6.92 Å². The number of nitrogens with zero attached hydrogens (tertiary/aromatic N) is 3. The number of ether oxygens (including phenoxy) is 1. The second kappa shape index (κ2) is 7.28. The van der Waals surface area contributed by atoms with E-state index >= 15 is 0 Å². The van der Waals surface area contributed by atoms with Gasteiger partial charge in [-0.1, -0.05) is 0 Å². The van der Waals surface area contributed by atoms with Gasteiger partial charge in [0, 0.05) is 52.0 Å². The lowest BCUT2D eigenvalue weighted by molar-refractivity contribution is -0.118. The summed E-state index contributed by atoms with van der Waals surface area (Å²) in [7, 11) is 0. The maximum Gasteiger partial charge on any atom is 0.216 e. The Bertz CT molecular complexity index is 427.